The van der Waals surface area contributed by atoms with E-state index in [4.69, 9.17) is 0 Å². The van der Waals surface area contributed by atoms with Crippen LogP contribution in [0.15, 0.2) is 5.10 Å². The smallest absolute Gasteiger partial charge is 0.162 e. The first-order valence-electron chi connectivity index (χ1n) is 3.92. The quantitative estimate of drug-likeness (QED) is 0.455. The Bertz CT molecular complexity index is 236. The molecule has 1 saturated heterocycles. The minimum Gasteiger partial charge on any atom is -0.295 e. The first-order valence-corrected chi connectivity index (χ1v) is 8.47. The summed E-state index contributed by atoms with van der Waals surface area (Å²) in [6, 6.07) is 0. The number of hydrogen-bond donors (Lipinski definition) is 4. The van der Waals surface area contributed by atoms with Gasteiger partial charge in [0.1, 0.15) is 9.41 Å². The molecule has 14 heavy (non-hydrogen) atoms. The van der Waals surface area contributed by atoms with Crippen molar-refractivity contribution >= 4 is 62.1 Å². The Morgan fingerprint density at radius 3 is 2.93 bits per heavy atom. The van der Waals surface area contributed by atoms with Crippen LogP contribution in [0.5, 0.6) is 0 Å². The van der Waals surface area contributed by atoms with E-state index in [1.165, 1.54) is 0 Å². The van der Waals surface area contributed by atoms with E-state index in [1.807, 2.05) is 0 Å². The summed E-state index contributed by atoms with van der Waals surface area (Å²) >= 11 is 7.79. The molecule has 0 aromatic rings. The molecule has 0 radical (unpaired) electrons. The van der Waals surface area contributed by atoms with Crippen LogP contribution in [-0.2, 0) is 0 Å². The van der Waals surface area contributed by atoms with Gasteiger partial charge in [0.05, 0.1) is 5.37 Å². The minimum absolute atomic E-state index is 0.184. The molecule has 0 bridgehead atoms. The van der Waals surface area contributed by atoms with E-state index in [0.29, 0.717) is 10.1 Å². The van der Waals surface area contributed by atoms with Crippen LogP contribution in [0.25, 0.3) is 0 Å². The molecule has 0 aromatic heterocycles. The van der Waals surface area contributed by atoms with Crippen molar-refractivity contribution in [2.45, 2.75) is 21.7 Å². The van der Waals surface area contributed by atoms with Crippen LogP contribution in [0.3, 0.4) is 0 Å². The van der Waals surface area contributed by atoms with E-state index in [-0.39, 0.29) is 4.71 Å². The van der Waals surface area contributed by atoms with Crippen LogP contribution >= 0.6 is 57.7 Å². The number of hydrazine groups is 1. The molecule has 2 aliphatic rings. The molecule has 0 aliphatic carbocycles. The van der Waals surface area contributed by atoms with Gasteiger partial charge in [-0.3, -0.25) is 5.43 Å². The second kappa shape index (κ2) is 5.46. The first-order chi connectivity index (χ1) is 6.74. The summed E-state index contributed by atoms with van der Waals surface area (Å²) in [6.07, 6.45) is 0. The second-order valence-corrected chi connectivity index (χ2v) is 8.82. The third kappa shape index (κ3) is 3.32. The average molecular weight is 286 g/mol. The topological polar surface area (TPSA) is 48.5 Å². The maximum absolute atomic E-state index is 4.29. The van der Waals surface area contributed by atoms with Crippen molar-refractivity contribution in [3.05, 3.63) is 0 Å². The van der Waals surface area contributed by atoms with E-state index in [2.05, 4.69) is 40.9 Å². The fraction of sp³-hybridized carbons (Fsp3) is 0.800. The van der Waals surface area contributed by atoms with Crippen molar-refractivity contribution in [3.63, 3.8) is 0 Å². The summed E-state index contributed by atoms with van der Waals surface area (Å²) < 4.78 is 1.61. The van der Waals surface area contributed by atoms with Gasteiger partial charge in [-0.25, -0.2) is 10.9 Å². The molecule has 0 aromatic carbocycles. The molecule has 1 fully saturated rings. The van der Waals surface area contributed by atoms with Gasteiger partial charge in [0.15, 0.2) is 4.38 Å². The van der Waals surface area contributed by atoms with Crippen LogP contribution in [0, 0.1) is 0 Å². The fourth-order valence-electron chi connectivity index (χ4n) is 0.842. The Morgan fingerprint density at radius 1 is 1.50 bits per heavy atom. The molecule has 0 saturated carbocycles. The molecule has 2 rings (SSSR count). The summed E-state index contributed by atoms with van der Waals surface area (Å²) in [5.74, 6) is 0. The highest BCUT2D eigenvalue weighted by atomic mass is 33.1. The summed E-state index contributed by atoms with van der Waals surface area (Å²) in [5, 5.41) is 4.59. The average Bonchev–Trinajstić information content (AvgIpc) is 2.72. The van der Waals surface area contributed by atoms with E-state index in [0.717, 1.165) is 4.38 Å². The van der Waals surface area contributed by atoms with Crippen LogP contribution in [-0.4, -0.2) is 19.2 Å². The van der Waals surface area contributed by atoms with Crippen molar-refractivity contribution < 1.29 is 0 Å². The lowest BCUT2D eigenvalue weighted by molar-refractivity contribution is 0.656. The van der Waals surface area contributed by atoms with Gasteiger partial charge in [0.25, 0.3) is 0 Å². The fourth-order valence-corrected chi connectivity index (χ4v) is 6.26. The van der Waals surface area contributed by atoms with Crippen molar-refractivity contribution in [2.75, 3.05) is 0 Å². The van der Waals surface area contributed by atoms with E-state index < -0.39 is 0 Å². The molecular formula is C5H10N4S5. The molecule has 2 aliphatic heterocycles. The molecule has 4 nitrogen and oxygen atoms in total. The predicted octanol–water partition coefficient (Wildman–Crippen LogP) is 1.66. The normalized spacial score (nSPS) is 37.0. The molecule has 0 spiro atoms. The maximum Gasteiger partial charge on any atom is 0.162 e. The Morgan fingerprint density at radius 2 is 2.36 bits per heavy atom. The molecule has 80 valence electrons. The monoisotopic (exact) mass is 286 g/mol. The lowest BCUT2D eigenvalue weighted by atomic mass is 10.8. The van der Waals surface area contributed by atoms with Gasteiger partial charge in [-0.2, -0.15) is 5.10 Å². The zero-order chi connectivity index (χ0) is 9.97. The maximum atomic E-state index is 4.29. The third-order valence-corrected chi connectivity index (χ3v) is 7.19. The lowest BCUT2D eigenvalue weighted by Crippen LogP contribution is -2.29. The summed E-state index contributed by atoms with van der Waals surface area (Å²) in [4.78, 5) is 0. The van der Waals surface area contributed by atoms with Gasteiger partial charge < -0.3 is 0 Å². The number of thiol groups is 1. The van der Waals surface area contributed by atoms with Crippen molar-refractivity contribution in [3.8, 4) is 0 Å². The van der Waals surface area contributed by atoms with Crippen LogP contribution in [0.2, 0.25) is 0 Å². The number of hydrazone groups is 1. The first kappa shape index (κ1) is 11.6. The van der Waals surface area contributed by atoms with Crippen LogP contribution in [0.1, 0.15) is 6.92 Å². The molecule has 3 unspecified atom stereocenters. The highest BCUT2D eigenvalue weighted by molar-refractivity contribution is 8.87. The second-order valence-electron chi connectivity index (χ2n) is 2.56. The van der Waals surface area contributed by atoms with Gasteiger partial charge in [-0.15, -0.1) is 12.6 Å². The van der Waals surface area contributed by atoms with Crippen molar-refractivity contribution in [2.24, 2.45) is 5.10 Å². The van der Waals surface area contributed by atoms with Crippen molar-refractivity contribution in [1.29, 1.82) is 0 Å². The molecule has 0 amide bonds. The number of hydrogen-bond acceptors (Lipinski definition) is 9. The summed E-state index contributed by atoms with van der Waals surface area (Å²) in [7, 11) is 3.45. The number of thioether (sulfide) groups is 2. The van der Waals surface area contributed by atoms with Gasteiger partial charge in [-0.1, -0.05) is 34.3 Å². The minimum atomic E-state index is 0.184. The Hall–Kier alpha value is 1.14. The zero-order valence-corrected chi connectivity index (χ0v) is 11.4. The molecule has 2 heterocycles. The molecule has 9 heteroatoms. The lowest BCUT2D eigenvalue weighted by Gasteiger charge is -2.05. The Kier molecular flexibility index (Phi) is 4.53. The highest BCUT2D eigenvalue weighted by Gasteiger charge is 2.24. The standard InChI is InChI=1S/C5H10N4S5/c1-2-6-8-4(11-2)13-14-5-9-7-3(10)12-5/h2-3,5-7,9-10H,1H3. The molecule has 3 atom stereocenters. The number of nitrogens with zero attached hydrogens (tertiary/aromatic N) is 1. The predicted molar refractivity (Wildman–Crippen MR) is 73.2 cm³/mol. The van der Waals surface area contributed by atoms with Crippen LogP contribution < -0.4 is 16.3 Å². The molecule has 3 N–H and O–H groups in total. The zero-order valence-electron chi connectivity index (χ0n) is 7.26. The van der Waals surface area contributed by atoms with Crippen LogP contribution in [0.4, 0.5) is 0 Å². The Labute approximate surface area is 105 Å². The SMILES string of the molecule is CC1NN=C(SSC2NNC(S)S2)S1. The highest BCUT2D eigenvalue weighted by Crippen LogP contribution is 2.41. The summed E-state index contributed by atoms with van der Waals surface area (Å²) in [6.45, 7) is 2.10. The molecular weight excluding hydrogens is 276 g/mol. The largest absolute Gasteiger partial charge is 0.295 e. The number of rotatable bonds is 2. The van der Waals surface area contributed by atoms with Gasteiger partial charge in [-0.05, 0) is 17.7 Å². The van der Waals surface area contributed by atoms with Gasteiger partial charge in [0.2, 0.25) is 0 Å². The Balaban J connectivity index is 1.68. The van der Waals surface area contributed by atoms with Crippen molar-refractivity contribution in [1.82, 2.24) is 16.3 Å². The summed E-state index contributed by atoms with van der Waals surface area (Å²) in [5.41, 5.74) is 9.18. The van der Waals surface area contributed by atoms with E-state index >= 15 is 0 Å². The van der Waals surface area contributed by atoms with E-state index in [1.54, 1.807) is 45.1 Å². The van der Waals surface area contributed by atoms with Gasteiger partial charge >= 0.3 is 0 Å². The van der Waals surface area contributed by atoms with E-state index in [9.17, 15) is 0 Å². The van der Waals surface area contributed by atoms with Gasteiger partial charge in [0, 0.05) is 0 Å². The number of nitrogens with one attached hydrogen (secondary N) is 3. The third-order valence-electron chi connectivity index (χ3n) is 1.40.